The highest BCUT2D eigenvalue weighted by Gasteiger charge is 2.45. The Kier molecular flexibility index (Phi) is 12.2. The monoisotopic (exact) mass is 624 g/mol. The number of nitrogens with one attached hydrogen (secondary N) is 2. The van der Waals surface area contributed by atoms with Crippen LogP contribution in [0.15, 0.2) is 42.5 Å². The summed E-state index contributed by atoms with van der Waals surface area (Å²) in [5.74, 6) is 1.94. The number of carbonyl (C=O) groups excluding carboxylic acids is 1. The molecule has 0 bridgehead atoms. The second-order valence-corrected chi connectivity index (χ2v) is 13.8. The number of hydrogen-bond donors (Lipinski definition) is 4. The molecule has 5 N–H and O–H groups in total. The van der Waals surface area contributed by atoms with Crippen LogP contribution in [0.1, 0.15) is 64.5 Å². The third-order valence-corrected chi connectivity index (χ3v) is 10.1. The van der Waals surface area contributed by atoms with Gasteiger partial charge in [-0.2, -0.15) is 0 Å². The predicted molar refractivity (Wildman–Crippen MR) is 180 cm³/mol. The molecule has 2 aliphatic rings. The van der Waals surface area contributed by atoms with Crippen LogP contribution in [0.3, 0.4) is 0 Å². The number of anilines is 1. The number of likely N-dealkylation sites (tertiary alicyclic amines) is 1. The van der Waals surface area contributed by atoms with Gasteiger partial charge in [0.05, 0.1) is 25.4 Å². The topological polar surface area (TPSA) is 118 Å². The molecule has 9 nitrogen and oxygen atoms in total. The summed E-state index contributed by atoms with van der Waals surface area (Å²) in [6, 6.07) is 14.2. The first-order valence-corrected chi connectivity index (χ1v) is 16.6. The van der Waals surface area contributed by atoms with Crippen LogP contribution in [0.2, 0.25) is 0 Å². The fourth-order valence-electron chi connectivity index (χ4n) is 6.85. The van der Waals surface area contributed by atoms with Crippen molar-refractivity contribution >= 4 is 11.6 Å². The molecule has 1 fully saturated rings. The van der Waals surface area contributed by atoms with E-state index in [0.717, 1.165) is 56.6 Å². The van der Waals surface area contributed by atoms with Gasteiger partial charge in [0.25, 0.3) is 0 Å². The molecule has 9 heteroatoms. The molecule has 250 valence electrons. The lowest BCUT2D eigenvalue weighted by molar-refractivity contribution is -0.133. The van der Waals surface area contributed by atoms with Gasteiger partial charge in [-0.05, 0) is 80.7 Å². The number of ether oxygens (including phenoxy) is 3. The number of fused-ring (bicyclic) bond motifs is 2. The molecular formula is C36H56N4O5. The normalized spacial score (nSPS) is 18.2. The number of aliphatic hydroxyl groups excluding tert-OH is 1. The summed E-state index contributed by atoms with van der Waals surface area (Å²) in [5.41, 5.74) is 9.78. The van der Waals surface area contributed by atoms with E-state index in [0.29, 0.717) is 31.3 Å². The summed E-state index contributed by atoms with van der Waals surface area (Å²) in [4.78, 5) is 15.7. The zero-order valence-corrected chi connectivity index (χ0v) is 28.2. The van der Waals surface area contributed by atoms with E-state index in [1.54, 1.807) is 14.2 Å². The number of nitrogens with zero attached hydrogens (tertiary/aromatic N) is 1. The van der Waals surface area contributed by atoms with E-state index in [4.69, 9.17) is 19.9 Å². The summed E-state index contributed by atoms with van der Waals surface area (Å²) in [7, 11) is 3.32. The highest BCUT2D eigenvalue weighted by atomic mass is 16.5. The SMILES string of the molecule is COCCCOc1cc(C[C@@H](C[C@H](N)[C@@H](O)CNC(=O)C(C)(C)N2CCC3(CC2)CNc2ccccc23)C(C)C)ccc1OC. The van der Waals surface area contributed by atoms with Gasteiger partial charge in [-0.1, -0.05) is 38.1 Å². The maximum absolute atomic E-state index is 13.4. The van der Waals surface area contributed by atoms with E-state index in [-0.39, 0.29) is 23.8 Å². The number of para-hydroxylation sites is 1. The molecule has 1 spiro atoms. The third kappa shape index (κ3) is 8.50. The Bertz CT molecular complexity index is 1240. The van der Waals surface area contributed by atoms with Gasteiger partial charge in [-0.15, -0.1) is 0 Å². The molecule has 1 saturated heterocycles. The van der Waals surface area contributed by atoms with Gasteiger partial charge >= 0.3 is 0 Å². The van der Waals surface area contributed by atoms with Crippen molar-refractivity contribution in [2.75, 3.05) is 58.9 Å². The number of amides is 1. The predicted octanol–water partition coefficient (Wildman–Crippen LogP) is 4.36. The van der Waals surface area contributed by atoms with E-state index in [2.05, 4.69) is 59.7 Å². The zero-order valence-electron chi connectivity index (χ0n) is 28.2. The highest BCUT2D eigenvalue weighted by Crippen LogP contribution is 2.44. The van der Waals surface area contributed by atoms with Crippen LogP contribution in [0.5, 0.6) is 11.5 Å². The molecule has 2 heterocycles. The van der Waals surface area contributed by atoms with Crippen LogP contribution in [-0.4, -0.2) is 87.2 Å². The van der Waals surface area contributed by atoms with Crippen molar-refractivity contribution < 1.29 is 24.1 Å². The van der Waals surface area contributed by atoms with E-state index >= 15 is 0 Å². The number of benzene rings is 2. The van der Waals surface area contributed by atoms with Crippen LogP contribution >= 0.6 is 0 Å². The molecule has 3 atom stereocenters. The van der Waals surface area contributed by atoms with E-state index in [1.165, 1.54) is 11.3 Å². The summed E-state index contributed by atoms with van der Waals surface area (Å²) >= 11 is 0. The first-order valence-electron chi connectivity index (χ1n) is 16.6. The Morgan fingerprint density at radius 2 is 1.84 bits per heavy atom. The quantitative estimate of drug-likeness (QED) is 0.204. The number of piperidine rings is 1. The number of hydrogen-bond acceptors (Lipinski definition) is 8. The van der Waals surface area contributed by atoms with E-state index in [1.807, 2.05) is 26.0 Å². The Morgan fingerprint density at radius 1 is 1.11 bits per heavy atom. The van der Waals surface area contributed by atoms with E-state index in [9.17, 15) is 9.90 Å². The van der Waals surface area contributed by atoms with Gasteiger partial charge in [-0.25, -0.2) is 0 Å². The lowest BCUT2D eigenvalue weighted by Crippen LogP contribution is -2.60. The van der Waals surface area contributed by atoms with Crippen LogP contribution in [-0.2, 0) is 21.4 Å². The molecule has 45 heavy (non-hydrogen) atoms. The Hall–Kier alpha value is -2.85. The fourth-order valence-corrected chi connectivity index (χ4v) is 6.85. The average Bonchev–Trinajstić information content (AvgIpc) is 3.39. The van der Waals surface area contributed by atoms with Crippen molar-refractivity contribution in [2.45, 2.75) is 82.9 Å². The summed E-state index contributed by atoms with van der Waals surface area (Å²) in [6.07, 6.45) is 3.41. The number of aliphatic hydroxyl groups is 1. The minimum Gasteiger partial charge on any atom is -0.493 e. The van der Waals surface area contributed by atoms with Crippen molar-refractivity contribution in [1.29, 1.82) is 0 Å². The number of methoxy groups -OCH3 is 2. The minimum atomic E-state index is -0.841. The van der Waals surface area contributed by atoms with Crippen molar-refractivity contribution in [3.63, 3.8) is 0 Å². The number of nitrogens with two attached hydrogens (primary N) is 1. The first-order chi connectivity index (χ1) is 21.5. The third-order valence-electron chi connectivity index (χ3n) is 10.1. The lowest BCUT2D eigenvalue weighted by atomic mass is 9.73. The van der Waals surface area contributed by atoms with Crippen molar-refractivity contribution in [2.24, 2.45) is 17.6 Å². The fraction of sp³-hybridized carbons (Fsp3) is 0.639. The average molecular weight is 625 g/mol. The Balaban J connectivity index is 1.28. The molecule has 2 aromatic carbocycles. The van der Waals surface area contributed by atoms with Gasteiger partial charge in [0.15, 0.2) is 11.5 Å². The molecule has 1 amide bonds. The molecule has 0 radical (unpaired) electrons. The highest BCUT2D eigenvalue weighted by molar-refractivity contribution is 5.85. The van der Waals surface area contributed by atoms with Crippen LogP contribution in [0.25, 0.3) is 0 Å². The molecule has 4 rings (SSSR count). The summed E-state index contributed by atoms with van der Waals surface area (Å²) < 4.78 is 16.6. The van der Waals surface area contributed by atoms with Gasteiger partial charge < -0.3 is 35.7 Å². The number of carbonyl (C=O) groups is 1. The van der Waals surface area contributed by atoms with Gasteiger partial charge in [0.1, 0.15) is 0 Å². The maximum Gasteiger partial charge on any atom is 0.240 e. The van der Waals surface area contributed by atoms with Gasteiger partial charge in [0.2, 0.25) is 5.91 Å². The maximum atomic E-state index is 13.4. The molecular weight excluding hydrogens is 568 g/mol. The van der Waals surface area contributed by atoms with E-state index < -0.39 is 17.7 Å². The zero-order chi connectivity index (χ0) is 32.6. The summed E-state index contributed by atoms with van der Waals surface area (Å²) in [5, 5.41) is 17.6. The van der Waals surface area contributed by atoms with Gasteiger partial charge in [0, 0.05) is 63.5 Å². The minimum absolute atomic E-state index is 0.0775. The standard InChI is InChI=1S/C36H56N4O5/c1-25(2)27(20-26-12-13-32(44-6)33(21-26)45-19-9-18-43-5)22-29(37)31(41)23-38-34(42)35(3,4)40-16-14-36(15-17-40)24-39-30-11-8-7-10-28(30)36/h7-8,10-13,21,25,27,29,31,39,41H,9,14-20,22-24,37H2,1-6H3,(H,38,42)/t27-,29-,31-/m0/s1. The molecule has 2 aromatic rings. The summed E-state index contributed by atoms with van der Waals surface area (Å²) in [6.45, 7) is 12.3. The molecule has 0 saturated carbocycles. The number of rotatable bonds is 16. The van der Waals surface area contributed by atoms with Crippen LogP contribution in [0.4, 0.5) is 5.69 Å². The smallest absolute Gasteiger partial charge is 0.240 e. The second kappa shape index (κ2) is 15.6. The largest absolute Gasteiger partial charge is 0.493 e. The van der Waals surface area contributed by atoms with Crippen molar-refractivity contribution in [1.82, 2.24) is 10.2 Å². The van der Waals surface area contributed by atoms with Crippen molar-refractivity contribution in [3.8, 4) is 11.5 Å². The molecule has 0 unspecified atom stereocenters. The lowest BCUT2D eigenvalue weighted by Gasteiger charge is -2.45. The molecule has 2 aliphatic heterocycles. The second-order valence-electron chi connectivity index (χ2n) is 13.8. The first kappa shape index (κ1) is 35.0. The van der Waals surface area contributed by atoms with Crippen LogP contribution in [0, 0.1) is 11.8 Å². The molecule has 0 aliphatic carbocycles. The molecule has 0 aromatic heterocycles. The van der Waals surface area contributed by atoms with Gasteiger partial charge in [-0.3, -0.25) is 9.69 Å². The van der Waals surface area contributed by atoms with Crippen LogP contribution < -0.4 is 25.8 Å². The Morgan fingerprint density at radius 3 is 2.53 bits per heavy atom. The Labute approximate surface area is 270 Å². The van der Waals surface area contributed by atoms with Crippen molar-refractivity contribution in [3.05, 3.63) is 53.6 Å².